The van der Waals surface area contributed by atoms with Crippen molar-refractivity contribution in [3.8, 4) is 0 Å². The van der Waals surface area contributed by atoms with E-state index in [0.29, 0.717) is 5.56 Å². The smallest absolute Gasteiger partial charge is 0.0629 e. The molecule has 0 aliphatic carbocycles. The third-order valence-corrected chi connectivity index (χ3v) is 0.844. The molecule has 1 aromatic carbocycles. The van der Waals surface area contributed by atoms with E-state index in [2.05, 4.69) is 0 Å². The number of hydrogen-bond acceptors (Lipinski definition) is 0. The Kier molecular flexibility index (Phi) is 0.595. The normalized spacial score (nSPS) is 15.0. The van der Waals surface area contributed by atoms with E-state index in [9.17, 15) is 0 Å². The van der Waals surface area contributed by atoms with Crippen LogP contribution in [0.4, 0.5) is 0 Å². The van der Waals surface area contributed by atoms with Gasteiger partial charge in [0, 0.05) is 0 Å². The van der Waals surface area contributed by atoms with Gasteiger partial charge in [0.25, 0.3) is 0 Å². The van der Waals surface area contributed by atoms with Crippen molar-refractivity contribution in [3.63, 3.8) is 0 Å². The van der Waals surface area contributed by atoms with Crippen molar-refractivity contribution in [2.24, 2.45) is 0 Å². The van der Waals surface area contributed by atoms with Crippen LogP contribution in [-0.4, -0.2) is 0 Å². The van der Waals surface area contributed by atoms with Crippen LogP contribution in [0.25, 0.3) is 6.05 Å². The summed E-state index contributed by atoms with van der Waals surface area (Å²) in [5.41, 5.74) is 0.331. The molecule has 0 aromatic heterocycles. The molecule has 0 fully saturated rings. The molecule has 0 spiro atoms. The zero-order valence-corrected chi connectivity index (χ0v) is 4.31. The predicted octanol–water partition coefficient (Wildman–Crippen LogP) is 2.33. The van der Waals surface area contributed by atoms with Crippen LogP contribution in [0.3, 0.4) is 0 Å². The van der Waals surface area contributed by atoms with Gasteiger partial charge in [0.05, 0.1) is 5.48 Å². The van der Waals surface area contributed by atoms with Crippen LogP contribution in [0.2, 0.25) is 0 Å². The van der Waals surface area contributed by atoms with E-state index in [4.69, 9.17) is 5.48 Å². The van der Waals surface area contributed by atoms with Crippen LogP contribution in [0.15, 0.2) is 36.8 Å². The van der Waals surface area contributed by atoms with Gasteiger partial charge in [-0.25, -0.2) is 0 Å². The summed E-state index contributed by atoms with van der Waals surface area (Å²) in [6.07, 6.45) is 0. The summed E-state index contributed by atoms with van der Waals surface area (Å²) in [6.45, 7) is -0.560. The van der Waals surface area contributed by atoms with Gasteiger partial charge >= 0.3 is 0 Å². The first-order valence-corrected chi connectivity index (χ1v) is 2.33. The molecule has 0 heteroatoms. The molecular weight excluding hydrogens is 96.1 g/mol. The van der Waals surface area contributed by atoms with Gasteiger partial charge in [0.1, 0.15) is 0 Å². The molecule has 0 unspecified atom stereocenters. The van der Waals surface area contributed by atoms with Crippen molar-refractivity contribution < 1.29 is 5.48 Å². The SMILES string of the molecule is [3H]C([3H])=C([3H])c1ccccc1[3H]. The lowest BCUT2D eigenvalue weighted by atomic mass is 10.2. The summed E-state index contributed by atoms with van der Waals surface area (Å²) in [5.74, 6) is 0. The lowest BCUT2D eigenvalue weighted by molar-refractivity contribution is 1.67. The minimum atomic E-state index is -0.560. The Morgan fingerprint density at radius 2 is 2.75 bits per heavy atom. The van der Waals surface area contributed by atoms with E-state index < -0.39 is 6.53 Å². The van der Waals surface area contributed by atoms with E-state index in [1.807, 2.05) is 0 Å². The highest BCUT2D eigenvalue weighted by atomic mass is 13.8. The third-order valence-electron chi connectivity index (χ3n) is 0.844. The van der Waals surface area contributed by atoms with Crippen LogP contribution in [0, 0.1) is 0 Å². The molecule has 1 aromatic rings. The second-order valence-electron chi connectivity index (χ2n) is 1.40. The third kappa shape index (κ3) is 0.969. The van der Waals surface area contributed by atoms with Crippen molar-refractivity contribution >= 4 is 6.05 Å². The fourth-order valence-corrected chi connectivity index (χ4v) is 0.471. The second-order valence-corrected chi connectivity index (χ2v) is 1.40. The lowest BCUT2D eigenvalue weighted by Crippen LogP contribution is -1.63. The van der Waals surface area contributed by atoms with Crippen LogP contribution in [-0.2, 0) is 0 Å². The van der Waals surface area contributed by atoms with Crippen molar-refractivity contribution in [3.05, 3.63) is 42.4 Å². The van der Waals surface area contributed by atoms with Gasteiger partial charge in [-0.15, -0.1) is 0 Å². The van der Waals surface area contributed by atoms with Gasteiger partial charge in [0.15, 0.2) is 0 Å². The highest BCUT2D eigenvalue weighted by Crippen LogP contribution is 1.97. The fourth-order valence-electron chi connectivity index (χ4n) is 0.471. The Balaban J connectivity index is 3.21. The molecule has 0 radical (unpaired) electrons. The molecule has 0 saturated heterocycles. The molecule has 0 aliphatic heterocycles. The van der Waals surface area contributed by atoms with E-state index in [1.54, 1.807) is 18.2 Å². The molecule has 0 bridgehead atoms. The van der Waals surface area contributed by atoms with Crippen molar-refractivity contribution in [1.29, 1.82) is 0 Å². The second kappa shape index (κ2) is 2.31. The largest absolute Gasteiger partial charge is 0.0985 e. The molecule has 0 aliphatic rings. The summed E-state index contributed by atoms with van der Waals surface area (Å²) < 4.78 is 28.5. The van der Waals surface area contributed by atoms with Crippen LogP contribution >= 0.6 is 0 Å². The Labute approximate surface area is 55.1 Å². The average molecular weight is 112 g/mol. The predicted molar refractivity (Wildman–Crippen MR) is 36.5 cm³/mol. The first kappa shape index (κ1) is 2.06. The van der Waals surface area contributed by atoms with Crippen LogP contribution < -0.4 is 0 Å². The molecule has 0 saturated carbocycles. The minimum Gasteiger partial charge on any atom is -0.0985 e. The Morgan fingerprint density at radius 3 is 3.50 bits per heavy atom. The highest BCUT2D eigenvalue weighted by Gasteiger charge is 1.75. The zero-order valence-electron chi connectivity index (χ0n) is 8.31. The summed E-state index contributed by atoms with van der Waals surface area (Å²) in [4.78, 5) is 0. The van der Waals surface area contributed by atoms with Crippen LogP contribution in [0.1, 0.15) is 11.0 Å². The summed E-state index contributed by atoms with van der Waals surface area (Å²) in [7, 11) is 0. The monoisotopic (exact) mass is 112 g/mol. The Bertz CT molecular complexity index is 313. The standard InChI is InChI=1S/C8H8/c1-2-8-6-4-3-5-7-8/h2-7H,1H2/i1T2,2T,6T. The maximum absolute atomic E-state index is 7.37. The summed E-state index contributed by atoms with van der Waals surface area (Å²) in [6, 6.07) is 6.44. The maximum Gasteiger partial charge on any atom is 0.0629 e. The average Bonchev–Trinajstić information content (AvgIpc) is 2.04. The minimum absolute atomic E-state index is 0.180. The van der Waals surface area contributed by atoms with Gasteiger partial charge in [0.2, 0.25) is 0 Å². The molecule has 0 amide bonds. The summed E-state index contributed by atoms with van der Waals surface area (Å²) in [5, 5.41) is 0. The molecular formula is C8H8. The van der Waals surface area contributed by atoms with Crippen molar-refractivity contribution in [1.82, 2.24) is 0 Å². The van der Waals surface area contributed by atoms with Gasteiger partial charge in [-0.05, 0) is 5.56 Å². The fraction of sp³-hybridized carbons (Fsp3) is 0. The Hall–Kier alpha value is -1.04. The molecule has 0 N–H and O–H groups in total. The van der Waals surface area contributed by atoms with Gasteiger partial charge < -0.3 is 0 Å². The van der Waals surface area contributed by atoms with Crippen LogP contribution in [0.5, 0.6) is 0 Å². The topological polar surface area (TPSA) is 0 Å². The first-order valence-electron chi connectivity index (χ1n) is 4.33. The quantitative estimate of drug-likeness (QED) is 0.523. The van der Waals surface area contributed by atoms with E-state index in [0.717, 1.165) is 0 Å². The molecule has 0 nitrogen and oxygen atoms in total. The number of hydrogen-bond donors (Lipinski definition) is 0. The lowest BCUT2D eigenvalue weighted by Gasteiger charge is -1.85. The van der Waals surface area contributed by atoms with Gasteiger partial charge in [-0.3, -0.25) is 0 Å². The molecule has 8 heavy (non-hydrogen) atoms. The molecule has 1 rings (SSSR count). The van der Waals surface area contributed by atoms with E-state index in [-0.39, 0.29) is 12.1 Å². The van der Waals surface area contributed by atoms with Gasteiger partial charge in [-0.1, -0.05) is 42.9 Å². The Morgan fingerprint density at radius 1 is 1.75 bits per heavy atom. The number of rotatable bonds is 1. The maximum atomic E-state index is 7.37. The van der Waals surface area contributed by atoms with Crippen molar-refractivity contribution in [2.75, 3.05) is 0 Å². The van der Waals surface area contributed by atoms with E-state index >= 15 is 0 Å². The van der Waals surface area contributed by atoms with Crippen molar-refractivity contribution in [2.45, 2.75) is 0 Å². The van der Waals surface area contributed by atoms with Gasteiger partial charge in [-0.2, -0.15) is 0 Å². The molecule has 0 atom stereocenters. The molecule has 0 heterocycles. The molecule has 40 valence electrons. The first-order chi connectivity index (χ1) is 5.63. The zero-order chi connectivity index (χ0) is 9.14. The highest BCUT2D eigenvalue weighted by molar-refractivity contribution is 5.45. The number of benzene rings is 1. The van der Waals surface area contributed by atoms with E-state index in [1.165, 1.54) is 6.07 Å². The summed E-state index contributed by atoms with van der Waals surface area (Å²) >= 11 is 0.